The highest BCUT2D eigenvalue weighted by molar-refractivity contribution is 7.47. The first-order valence-corrected chi connectivity index (χ1v) is 22.2. The van der Waals surface area contributed by atoms with Gasteiger partial charge in [0, 0.05) is 12.8 Å². The molecule has 0 aromatic carbocycles. The molecule has 5 N–H and O–H groups in total. The molecule has 324 valence electrons. The Morgan fingerprint density at radius 3 is 1.74 bits per heavy atom. The van der Waals surface area contributed by atoms with E-state index in [0.29, 0.717) is 19.3 Å². The first-order chi connectivity index (χ1) is 27.5. The fraction of sp³-hybridized carbons (Fsp3) is 0.614. The third kappa shape index (κ3) is 37.9. The number of carbonyl (C=O) groups is 3. The normalized spacial score (nSPS) is 15.2. The maximum atomic E-state index is 12.6. The highest BCUT2D eigenvalue weighted by Gasteiger charge is 2.28. The van der Waals surface area contributed by atoms with E-state index in [-0.39, 0.29) is 12.8 Å². The van der Waals surface area contributed by atoms with E-state index in [1.807, 2.05) is 42.5 Å². The van der Waals surface area contributed by atoms with E-state index >= 15 is 0 Å². The van der Waals surface area contributed by atoms with Gasteiger partial charge in [0.1, 0.15) is 12.6 Å². The summed E-state index contributed by atoms with van der Waals surface area (Å²) in [5.74, 6) is -2.55. The van der Waals surface area contributed by atoms with Crippen molar-refractivity contribution in [3.63, 3.8) is 0 Å². The lowest BCUT2D eigenvalue weighted by atomic mass is 10.1. The van der Waals surface area contributed by atoms with Gasteiger partial charge in [-0.1, -0.05) is 131 Å². The van der Waals surface area contributed by atoms with Gasteiger partial charge >= 0.3 is 25.7 Å². The van der Waals surface area contributed by atoms with Crippen LogP contribution in [0, 0.1) is 0 Å². The average Bonchev–Trinajstić information content (AvgIpc) is 3.18. The number of hydrogen-bond donors (Lipinski definition) is 4. The van der Waals surface area contributed by atoms with Crippen LogP contribution in [0.15, 0.2) is 85.1 Å². The van der Waals surface area contributed by atoms with Crippen LogP contribution in [0.25, 0.3) is 0 Å². The summed E-state index contributed by atoms with van der Waals surface area (Å²) in [5.41, 5.74) is 5.31. The molecule has 0 amide bonds. The minimum Gasteiger partial charge on any atom is -0.480 e. The third-order valence-corrected chi connectivity index (χ3v) is 9.17. The minimum atomic E-state index is -4.75. The van der Waals surface area contributed by atoms with E-state index < -0.39 is 63.8 Å². The fourth-order valence-corrected chi connectivity index (χ4v) is 5.66. The number of hydrogen-bond acceptors (Lipinski definition) is 10. The van der Waals surface area contributed by atoms with Gasteiger partial charge in [-0.25, -0.2) is 4.57 Å². The predicted molar refractivity (Wildman–Crippen MR) is 227 cm³/mol. The molecule has 0 radical (unpaired) electrons. The van der Waals surface area contributed by atoms with Gasteiger partial charge in [0.15, 0.2) is 6.10 Å². The van der Waals surface area contributed by atoms with Gasteiger partial charge in [0.25, 0.3) is 0 Å². The maximum absolute atomic E-state index is 12.6. The number of carbonyl (C=O) groups excluding carboxylic acids is 2. The van der Waals surface area contributed by atoms with Crippen LogP contribution in [0.5, 0.6) is 0 Å². The smallest absolute Gasteiger partial charge is 0.472 e. The molecular formula is C44H72NO11P. The van der Waals surface area contributed by atoms with Gasteiger partial charge < -0.3 is 30.3 Å². The third-order valence-electron chi connectivity index (χ3n) is 8.22. The van der Waals surface area contributed by atoms with Crippen LogP contribution < -0.4 is 5.73 Å². The van der Waals surface area contributed by atoms with Gasteiger partial charge in [-0.2, -0.15) is 0 Å². The number of carboxylic acids is 1. The van der Waals surface area contributed by atoms with Crippen LogP contribution >= 0.6 is 7.82 Å². The van der Waals surface area contributed by atoms with E-state index in [2.05, 4.69) is 60.9 Å². The molecule has 0 rings (SSSR count). The first kappa shape index (κ1) is 53.6. The molecule has 0 saturated carbocycles. The lowest BCUT2D eigenvalue weighted by Crippen LogP contribution is -2.34. The molecule has 0 fully saturated rings. The van der Waals surface area contributed by atoms with E-state index in [1.165, 1.54) is 19.3 Å². The Hall–Kier alpha value is -3.38. The number of aliphatic hydroxyl groups excluding tert-OH is 1. The number of nitrogens with two attached hydrogens (primary N) is 1. The van der Waals surface area contributed by atoms with Gasteiger partial charge in [-0.3, -0.25) is 23.4 Å². The van der Waals surface area contributed by atoms with Gasteiger partial charge in [0.2, 0.25) is 0 Å². The van der Waals surface area contributed by atoms with Crippen molar-refractivity contribution in [3.05, 3.63) is 85.1 Å². The largest absolute Gasteiger partial charge is 0.480 e. The van der Waals surface area contributed by atoms with Crippen molar-refractivity contribution in [1.82, 2.24) is 0 Å². The Morgan fingerprint density at radius 2 is 1.14 bits per heavy atom. The zero-order valence-electron chi connectivity index (χ0n) is 34.5. The molecule has 13 heteroatoms. The molecule has 0 heterocycles. The molecule has 0 aliphatic heterocycles. The molecule has 57 heavy (non-hydrogen) atoms. The van der Waals surface area contributed by atoms with Crippen LogP contribution in [0.4, 0.5) is 0 Å². The lowest BCUT2D eigenvalue weighted by molar-refractivity contribution is -0.161. The maximum Gasteiger partial charge on any atom is 0.472 e. The van der Waals surface area contributed by atoms with Crippen molar-refractivity contribution in [2.24, 2.45) is 5.73 Å². The van der Waals surface area contributed by atoms with Crippen LogP contribution in [0.1, 0.15) is 136 Å². The van der Waals surface area contributed by atoms with E-state index in [1.54, 1.807) is 0 Å². The SMILES string of the molecule is CCCCC/C=C\C/C=C\C/C=C\CCCCC(=O)O[C@H](COC(=O)CCC/C=C\C/C=C\C/C=C\C=C\[C@H](O)CCCCC)COP(=O)(O)OC[C@H](N)C(=O)O. The highest BCUT2D eigenvalue weighted by Crippen LogP contribution is 2.43. The van der Waals surface area contributed by atoms with Crippen LogP contribution in [-0.2, 0) is 37.5 Å². The number of ether oxygens (including phenoxy) is 2. The molecule has 0 aliphatic carbocycles. The second-order valence-electron chi connectivity index (χ2n) is 13.6. The van der Waals surface area contributed by atoms with E-state index in [9.17, 15) is 28.9 Å². The summed E-state index contributed by atoms with van der Waals surface area (Å²) in [6.45, 7) is 2.51. The molecule has 0 aromatic heterocycles. The zero-order valence-corrected chi connectivity index (χ0v) is 35.4. The number of rotatable bonds is 37. The van der Waals surface area contributed by atoms with Gasteiger partial charge in [-0.15, -0.1) is 0 Å². The fourth-order valence-electron chi connectivity index (χ4n) is 4.88. The molecule has 0 aromatic rings. The molecule has 0 saturated heterocycles. The van der Waals surface area contributed by atoms with Crippen molar-refractivity contribution in [1.29, 1.82) is 0 Å². The van der Waals surface area contributed by atoms with Crippen LogP contribution in [-0.4, -0.2) is 71.1 Å². The second kappa shape index (κ2) is 38.2. The number of phosphoric acid groups is 1. The second-order valence-corrected chi connectivity index (χ2v) is 15.1. The zero-order chi connectivity index (χ0) is 42.2. The molecule has 1 unspecified atom stereocenters. The topological polar surface area (TPSA) is 192 Å². The monoisotopic (exact) mass is 821 g/mol. The summed E-state index contributed by atoms with van der Waals surface area (Å²) in [4.78, 5) is 45.8. The Morgan fingerprint density at radius 1 is 0.632 bits per heavy atom. The summed E-state index contributed by atoms with van der Waals surface area (Å²) in [6, 6.07) is -1.55. The number of allylic oxidation sites excluding steroid dienone is 13. The molecule has 0 aliphatic rings. The standard InChI is InChI=1S/C44H72NO11P/c1-3-5-7-8-9-10-11-12-13-14-17-21-24-27-31-35-43(48)56-40(37-54-57(51,52)55-38-41(45)44(49)50)36-53-42(47)34-30-26-23-20-18-15-16-19-22-25-29-33-39(46)32-28-6-4-2/h9-10,12-13,15-17,20-23,25,29,33,39-41,46H,3-8,11,14,18-19,24,26-28,30-32,34-38,45H2,1-2H3,(H,49,50)(H,51,52)/b10-9-,13-12-,16-15-,21-17-,23-20-,25-22-,33-29+/t39-,40-,41+/m1/s1. The Balaban J connectivity index is 4.61. The number of carboxylic acid groups (broad SMARTS) is 1. The van der Waals surface area contributed by atoms with Crippen LogP contribution in [0.2, 0.25) is 0 Å². The van der Waals surface area contributed by atoms with Gasteiger partial charge in [0.05, 0.1) is 19.3 Å². The van der Waals surface area contributed by atoms with Gasteiger partial charge in [-0.05, 0) is 77.0 Å². The summed E-state index contributed by atoms with van der Waals surface area (Å²) in [5, 5.41) is 18.8. The first-order valence-electron chi connectivity index (χ1n) is 20.7. The molecular weight excluding hydrogens is 749 g/mol. The number of aliphatic carboxylic acids is 1. The van der Waals surface area contributed by atoms with Crippen molar-refractivity contribution in [2.75, 3.05) is 19.8 Å². The number of unbranched alkanes of at least 4 members (excludes halogenated alkanes) is 8. The summed E-state index contributed by atoms with van der Waals surface area (Å²) in [6.07, 6.45) is 42.7. The van der Waals surface area contributed by atoms with Crippen molar-refractivity contribution in [3.8, 4) is 0 Å². The van der Waals surface area contributed by atoms with E-state index in [0.717, 1.165) is 70.6 Å². The Kier molecular flexibility index (Phi) is 35.9. The summed E-state index contributed by atoms with van der Waals surface area (Å²) in [7, 11) is -4.75. The molecule has 12 nitrogen and oxygen atoms in total. The minimum absolute atomic E-state index is 0.0867. The number of aliphatic hydroxyl groups is 1. The summed E-state index contributed by atoms with van der Waals surface area (Å²) < 4.78 is 32.5. The molecule has 0 spiro atoms. The number of esters is 2. The van der Waals surface area contributed by atoms with Crippen molar-refractivity contribution < 1.29 is 52.6 Å². The number of phosphoric ester groups is 1. The molecule has 0 bridgehead atoms. The summed E-state index contributed by atoms with van der Waals surface area (Å²) >= 11 is 0. The van der Waals surface area contributed by atoms with E-state index in [4.69, 9.17) is 24.8 Å². The van der Waals surface area contributed by atoms with Crippen molar-refractivity contribution >= 4 is 25.7 Å². The van der Waals surface area contributed by atoms with Crippen LogP contribution in [0.3, 0.4) is 0 Å². The lowest BCUT2D eigenvalue weighted by Gasteiger charge is -2.20. The highest BCUT2D eigenvalue weighted by atomic mass is 31.2. The van der Waals surface area contributed by atoms with Crippen molar-refractivity contribution in [2.45, 2.75) is 154 Å². The quantitative estimate of drug-likeness (QED) is 0.0153. The average molecular weight is 822 g/mol. The predicted octanol–water partition coefficient (Wildman–Crippen LogP) is 9.69. The Bertz CT molecular complexity index is 1300. The molecule has 4 atom stereocenters. The Labute approximate surface area is 342 Å².